The van der Waals surface area contributed by atoms with E-state index in [1.807, 2.05) is 0 Å². The molecule has 0 atom stereocenters. The summed E-state index contributed by atoms with van der Waals surface area (Å²) >= 11 is 0. The van der Waals surface area contributed by atoms with E-state index in [4.69, 9.17) is 0 Å². The Hall–Kier alpha value is -1.94. The standard InChI is InChI=1S/C12H10F2N2O4S2/c13-12(14)22(19,20)10-3-1-9(2-4-10)8-21(17,18)11-7-15-5-6-16-11/h1-7,12H,8H2. The van der Waals surface area contributed by atoms with Crippen LogP contribution in [-0.2, 0) is 25.4 Å². The number of hydrogen-bond donors (Lipinski definition) is 0. The molecule has 22 heavy (non-hydrogen) atoms. The summed E-state index contributed by atoms with van der Waals surface area (Å²) < 4.78 is 71.4. The Bertz CT molecular complexity index is 852. The summed E-state index contributed by atoms with van der Waals surface area (Å²) in [7, 11) is -8.44. The third-order valence-corrected chi connectivity index (χ3v) is 5.66. The molecule has 0 radical (unpaired) electrons. The Labute approximate surface area is 125 Å². The molecule has 0 aliphatic heterocycles. The molecule has 0 spiro atoms. The number of halogens is 2. The van der Waals surface area contributed by atoms with Gasteiger partial charge in [0.05, 0.1) is 16.8 Å². The molecule has 0 aliphatic carbocycles. The fraction of sp³-hybridized carbons (Fsp3) is 0.167. The van der Waals surface area contributed by atoms with Gasteiger partial charge < -0.3 is 0 Å². The maximum Gasteiger partial charge on any atom is 0.341 e. The SMILES string of the molecule is O=S(=O)(Cc1ccc(S(=O)(=O)C(F)F)cc1)c1cnccn1. The van der Waals surface area contributed by atoms with Crippen molar-refractivity contribution in [2.45, 2.75) is 21.4 Å². The molecule has 0 amide bonds. The van der Waals surface area contributed by atoms with Gasteiger partial charge in [0, 0.05) is 12.4 Å². The molecule has 1 aromatic heterocycles. The van der Waals surface area contributed by atoms with Crippen molar-refractivity contribution in [1.82, 2.24) is 9.97 Å². The molecule has 10 heteroatoms. The second-order valence-electron chi connectivity index (χ2n) is 4.25. The molecule has 0 fully saturated rings. The van der Waals surface area contributed by atoms with Crippen LogP contribution >= 0.6 is 0 Å². The van der Waals surface area contributed by atoms with Gasteiger partial charge in [-0.05, 0) is 17.7 Å². The average molecular weight is 348 g/mol. The summed E-state index contributed by atoms with van der Waals surface area (Å²) in [6.07, 6.45) is 3.64. The normalized spacial score (nSPS) is 12.5. The van der Waals surface area contributed by atoms with Gasteiger partial charge in [-0.25, -0.2) is 21.8 Å². The highest BCUT2D eigenvalue weighted by Gasteiger charge is 2.26. The molecule has 0 bridgehead atoms. The minimum absolute atomic E-state index is 0.223. The largest absolute Gasteiger partial charge is 0.341 e. The highest BCUT2D eigenvalue weighted by molar-refractivity contribution is 7.91. The highest BCUT2D eigenvalue weighted by atomic mass is 32.2. The first kappa shape index (κ1) is 16.4. The number of benzene rings is 1. The van der Waals surface area contributed by atoms with Crippen molar-refractivity contribution in [3.8, 4) is 0 Å². The fourth-order valence-corrected chi connectivity index (χ4v) is 3.56. The smallest absolute Gasteiger partial charge is 0.260 e. The van der Waals surface area contributed by atoms with Crippen molar-refractivity contribution in [3.05, 3.63) is 48.4 Å². The quantitative estimate of drug-likeness (QED) is 0.812. The van der Waals surface area contributed by atoms with Crippen LogP contribution < -0.4 is 0 Å². The lowest BCUT2D eigenvalue weighted by molar-refractivity contribution is 0.234. The zero-order valence-electron chi connectivity index (χ0n) is 10.9. The van der Waals surface area contributed by atoms with E-state index in [9.17, 15) is 25.6 Å². The maximum absolute atomic E-state index is 12.4. The van der Waals surface area contributed by atoms with E-state index in [0.29, 0.717) is 0 Å². The Balaban J connectivity index is 2.26. The van der Waals surface area contributed by atoms with Crippen LogP contribution in [0.2, 0.25) is 0 Å². The third-order valence-electron chi connectivity index (χ3n) is 2.70. The molecular weight excluding hydrogens is 338 g/mol. The first-order valence-electron chi connectivity index (χ1n) is 5.83. The molecule has 2 rings (SSSR count). The predicted octanol–water partition coefficient (Wildman–Crippen LogP) is 1.45. The molecule has 6 nitrogen and oxygen atoms in total. The summed E-state index contributed by atoms with van der Waals surface area (Å²) in [6.45, 7) is 0. The Morgan fingerprint density at radius 1 is 1.00 bits per heavy atom. The summed E-state index contributed by atoms with van der Waals surface area (Å²) in [6, 6.07) is 4.23. The lowest BCUT2D eigenvalue weighted by Gasteiger charge is -2.06. The van der Waals surface area contributed by atoms with Crippen LogP contribution in [0.25, 0.3) is 0 Å². The van der Waals surface area contributed by atoms with E-state index >= 15 is 0 Å². The Morgan fingerprint density at radius 3 is 2.14 bits per heavy atom. The number of hydrogen-bond acceptors (Lipinski definition) is 6. The van der Waals surface area contributed by atoms with Crippen molar-refractivity contribution in [3.63, 3.8) is 0 Å². The van der Waals surface area contributed by atoms with E-state index in [-0.39, 0.29) is 10.6 Å². The molecule has 2 aromatic rings. The van der Waals surface area contributed by atoms with Crippen molar-refractivity contribution in [2.24, 2.45) is 0 Å². The molecule has 118 valence electrons. The van der Waals surface area contributed by atoms with Gasteiger partial charge in [-0.1, -0.05) is 12.1 Å². The van der Waals surface area contributed by atoms with Crippen LogP contribution in [0, 0.1) is 0 Å². The van der Waals surface area contributed by atoms with Gasteiger partial charge in [0.2, 0.25) is 19.7 Å². The third kappa shape index (κ3) is 3.45. The molecule has 1 aromatic carbocycles. The van der Waals surface area contributed by atoms with Crippen molar-refractivity contribution in [2.75, 3.05) is 0 Å². The van der Waals surface area contributed by atoms with E-state index in [0.717, 1.165) is 18.3 Å². The van der Waals surface area contributed by atoms with Crippen LogP contribution in [0.15, 0.2) is 52.8 Å². The van der Waals surface area contributed by atoms with Crippen LogP contribution in [0.5, 0.6) is 0 Å². The molecule has 0 saturated heterocycles. The van der Waals surface area contributed by atoms with Crippen LogP contribution in [0.4, 0.5) is 8.78 Å². The summed E-state index contributed by atoms with van der Waals surface area (Å²) in [5.41, 5.74) is 0.249. The zero-order valence-corrected chi connectivity index (χ0v) is 12.6. The minimum Gasteiger partial charge on any atom is -0.260 e. The lowest BCUT2D eigenvalue weighted by atomic mass is 10.2. The average Bonchev–Trinajstić information content (AvgIpc) is 2.48. The number of rotatable bonds is 5. The van der Waals surface area contributed by atoms with Gasteiger partial charge in [-0.3, -0.25) is 4.98 Å². The van der Waals surface area contributed by atoms with Gasteiger partial charge >= 0.3 is 5.76 Å². The number of sulfone groups is 2. The topological polar surface area (TPSA) is 94.1 Å². The van der Waals surface area contributed by atoms with Gasteiger partial charge in [-0.2, -0.15) is 8.78 Å². The number of aromatic nitrogens is 2. The predicted molar refractivity (Wildman–Crippen MR) is 72.6 cm³/mol. The van der Waals surface area contributed by atoms with E-state index < -0.39 is 36.1 Å². The van der Waals surface area contributed by atoms with Crippen LogP contribution in [0.1, 0.15) is 5.56 Å². The second kappa shape index (κ2) is 6.05. The second-order valence-corrected chi connectivity index (χ2v) is 8.11. The molecule has 0 unspecified atom stereocenters. The molecule has 1 heterocycles. The first-order chi connectivity index (χ1) is 10.2. The van der Waals surface area contributed by atoms with Crippen LogP contribution in [0.3, 0.4) is 0 Å². The van der Waals surface area contributed by atoms with Crippen molar-refractivity contribution in [1.29, 1.82) is 0 Å². The van der Waals surface area contributed by atoms with Gasteiger partial charge in [0.15, 0.2) is 5.03 Å². The Kier molecular flexibility index (Phi) is 4.52. The monoisotopic (exact) mass is 348 g/mol. The van der Waals surface area contributed by atoms with Crippen LogP contribution in [-0.4, -0.2) is 32.6 Å². The van der Waals surface area contributed by atoms with Crippen molar-refractivity contribution >= 4 is 19.7 Å². The van der Waals surface area contributed by atoms with Crippen molar-refractivity contribution < 1.29 is 25.6 Å². The van der Waals surface area contributed by atoms with E-state index in [1.165, 1.54) is 24.5 Å². The fourth-order valence-electron chi connectivity index (χ4n) is 1.62. The lowest BCUT2D eigenvalue weighted by Crippen LogP contribution is -2.12. The number of alkyl halides is 2. The Morgan fingerprint density at radius 2 is 1.64 bits per heavy atom. The summed E-state index contributed by atoms with van der Waals surface area (Å²) in [5, 5.41) is -0.223. The van der Waals surface area contributed by atoms with E-state index in [2.05, 4.69) is 9.97 Å². The van der Waals surface area contributed by atoms with Gasteiger partial charge in [-0.15, -0.1) is 0 Å². The molecule has 0 saturated carbocycles. The molecule has 0 N–H and O–H groups in total. The minimum atomic E-state index is -4.69. The molecule has 0 aliphatic rings. The van der Waals surface area contributed by atoms with Gasteiger partial charge in [0.1, 0.15) is 0 Å². The summed E-state index contributed by atoms with van der Waals surface area (Å²) in [4.78, 5) is 6.77. The molecular formula is C12H10F2N2O4S2. The highest BCUT2D eigenvalue weighted by Crippen LogP contribution is 2.20. The number of nitrogens with zero attached hydrogens (tertiary/aromatic N) is 2. The summed E-state index contributed by atoms with van der Waals surface area (Å²) in [5.74, 6) is -3.97. The maximum atomic E-state index is 12.4. The van der Waals surface area contributed by atoms with E-state index in [1.54, 1.807) is 0 Å². The first-order valence-corrected chi connectivity index (χ1v) is 9.03. The zero-order chi connectivity index (χ0) is 16.4. The van der Waals surface area contributed by atoms with Gasteiger partial charge in [0.25, 0.3) is 0 Å².